The van der Waals surface area contributed by atoms with E-state index in [4.69, 9.17) is 5.73 Å². The second kappa shape index (κ2) is 3.28. The van der Waals surface area contributed by atoms with Crippen LogP contribution in [0, 0.1) is 5.92 Å². The molecule has 0 unspecified atom stereocenters. The lowest BCUT2D eigenvalue weighted by atomic mass is 9.82. The molecule has 0 atom stereocenters. The van der Waals surface area contributed by atoms with Crippen molar-refractivity contribution in [2.75, 3.05) is 5.73 Å². The number of anilines is 1. The van der Waals surface area contributed by atoms with Crippen LogP contribution in [0.4, 0.5) is 5.82 Å². The van der Waals surface area contributed by atoms with Crippen molar-refractivity contribution < 1.29 is 9.42 Å². The summed E-state index contributed by atoms with van der Waals surface area (Å²) in [6, 6.07) is 0.244. The number of nitrogens with one attached hydrogen (secondary N) is 1. The van der Waals surface area contributed by atoms with Crippen LogP contribution >= 0.6 is 0 Å². The molecule has 1 aliphatic rings. The number of nitrogen functional groups attached to an aromatic ring is 1. The molecule has 1 heterocycles. The second-order valence-corrected chi connectivity index (χ2v) is 3.75. The summed E-state index contributed by atoms with van der Waals surface area (Å²) in [6.07, 6.45) is 2.02. The number of nitrogens with zero attached hydrogens (tertiary/aromatic N) is 2. The summed E-state index contributed by atoms with van der Waals surface area (Å²) in [5.41, 5.74) is 5.45. The summed E-state index contributed by atoms with van der Waals surface area (Å²) in [6.45, 7) is 2.15. The van der Waals surface area contributed by atoms with Gasteiger partial charge < -0.3 is 11.1 Å². The molecule has 0 spiro atoms. The zero-order valence-corrected chi connectivity index (χ0v) is 7.86. The largest absolute Gasteiger partial charge is 0.379 e. The average Bonchev–Trinajstić information content (AvgIpc) is 2.48. The fourth-order valence-corrected chi connectivity index (χ4v) is 1.63. The maximum Gasteiger partial charge on any atom is 0.277 e. The molecule has 0 saturated heterocycles. The number of hydrogen-bond donors (Lipinski definition) is 2. The first-order chi connectivity index (χ1) is 6.66. The van der Waals surface area contributed by atoms with Gasteiger partial charge >= 0.3 is 0 Å². The number of rotatable bonds is 2. The van der Waals surface area contributed by atoms with Gasteiger partial charge in [0.1, 0.15) is 0 Å². The van der Waals surface area contributed by atoms with E-state index in [1.54, 1.807) is 0 Å². The number of nitrogens with two attached hydrogens (primary N) is 1. The Bertz CT molecular complexity index is 343. The standard InChI is InChI=1S/C8H12N4O2/c1-4-2-5(3-4)10-8(13)6-7(9)12-14-11-6/h4-5H,2-3H2,1H3,(H2,9,12)(H,10,13). The second-order valence-electron chi connectivity index (χ2n) is 3.75. The van der Waals surface area contributed by atoms with Gasteiger partial charge in [0.15, 0.2) is 0 Å². The number of hydrogen-bond acceptors (Lipinski definition) is 5. The van der Waals surface area contributed by atoms with Crippen molar-refractivity contribution in [2.45, 2.75) is 25.8 Å². The van der Waals surface area contributed by atoms with Crippen molar-refractivity contribution in [3.8, 4) is 0 Å². The van der Waals surface area contributed by atoms with Crippen LogP contribution in [0.1, 0.15) is 30.3 Å². The van der Waals surface area contributed by atoms with Gasteiger partial charge in [-0.05, 0) is 29.1 Å². The molecule has 6 heteroatoms. The number of aromatic nitrogens is 2. The van der Waals surface area contributed by atoms with E-state index < -0.39 is 0 Å². The quantitative estimate of drug-likeness (QED) is 0.703. The summed E-state index contributed by atoms with van der Waals surface area (Å²) in [7, 11) is 0. The van der Waals surface area contributed by atoms with Crippen LogP contribution in [0.25, 0.3) is 0 Å². The lowest BCUT2D eigenvalue weighted by molar-refractivity contribution is 0.0886. The van der Waals surface area contributed by atoms with E-state index in [0.29, 0.717) is 5.92 Å². The van der Waals surface area contributed by atoms with Crippen LogP contribution in [0.15, 0.2) is 4.63 Å². The minimum atomic E-state index is -0.305. The van der Waals surface area contributed by atoms with Gasteiger partial charge in [-0.3, -0.25) is 4.79 Å². The summed E-state index contributed by atoms with van der Waals surface area (Å²) in [5, 5.41) is 9.57. The fourth-order valence-electron chi connectivity index (χ4n) is 1.63. The zero-order chi connectivity index (χ0) is 10.1. The number of carbonyl (C=O) groups excluding carboxylic acids is 1. The molecule has 1 amide bonds. The van der Waals surface area contributed by atoms with Crippen molar-refractivity contribution in [1.82, 2.24) is 15.6 Å². The summed E-state index contributed by atoms with van der Waals surface area (Å²) >= 11 is 0. The van der Waals surface area contributed by atoms with Crippen LogP contribution in [-0.4, -0.2) is 22.3 Å². The molecule has 14 heavy (non-hydrogen) atoms. The maximum atomic E-state index is 11.5. The summed E-state index contributed by atoms with van der Waals surface area (Å²) in [4.78, 5) is 11.5. The van der Waals surface area contributed by atoms with Crippen LogP contribution < -0.4 is 11.1 Å². The molecule has 1 aromatic heterocycles. The van der Waals surface area contributed by atoms with E-state index in [1.165, 1.54) is 0 Å². The molecule has 6 nitrogen and oxygen atoms in total. The lowest BCUT2D eigenvalue weighted by Crippen LogP contribution is -2.43. The Morgan fingerprint density at radius 2 is 2.29 bits per heavy atom. The Balaban J connectivity index is 1.93. The van der Waals surface area contributed by atoms with Crippen molar-refractivity contribution in [1.29, 1.82) is 0 Å². The predicted octanol–water partition coefficient (Wildman–Crippen LogP) is 0.180. The van der Waals surface area contributed by atoms with E-state index >= 15 is 0 Å². The summed E-state index contributed by atoms with van der Waals surface area (Å²) in [5.74, 6) is 0.420. The number of carbonyl (C=O) groups is 1. The highest BCUT2D eigenvalue weighted by atomic mass is 16.6. The molecule has 0 aromatic carbocycles. The van der Waals surface area contributed by atoms with Crippen molar-refractivity contribution in [3.63, 3.8) is 0 Å². The van der Waals surface area contributed by atoms with Gasteiger partial charge in [0.2, 0.25) is 11.5 Å². The molecule has 2 rings (SSSR count). The third-order valence-electron chi connectivity index (χ3n) is 2.44. The Kier molecular flexibility index (Phi) is 2.11. The number of amides is 1. The normalized spacial score (nSPS) is 25.5. The van der Waals surface area contributed by atoms with Crippen molar-refractivity contribution in [3.05, 3.63) is 5.69 Å². The Labute approximate surface area is 80.8 Å². The van der Waals surface area contributed by atoms with E-state index in [1.807, 2.05) is 0 Å². The van der Waals surface area contributed by atoms with E-state index in [2.05, 4.69) is 27.2 Å². The van der Waals surface area contributed by atoms with Gasteiger partial charge in [0, 0.05) is 6.04 Å². The zero-order valence-electron chi connectivity index (χ0n) is 7.86. The van der Waals surface area contributed by atoms with Gasteiger partial charge in [-0.2, -0.15) is 0 Å². The monoisotopic (exact) mass is 196 g/mol. The van der Waals surface area contributed by atoms with Crippen LogP contribution in [-0.2, 0) is 0 Å². The third kappa shape index (κ3) is 1.55. The Morgan fingerprint density at radius 3 is 2.79 bits per heavy atom. The Morgan fingerprint density at radius 1 is 1.57 bits per heavy atom. The first-order valence-electron chi connectivity index (χ1n) is 4.55. The SMILES string of the molecule is CC1CC(NC(=O)c2nonc2N)C1. The van der Waals surface area contributed by atoms with Gasteiger partial charge in [0.25, 0.3) is 5.91 Å². The molecule has 0 radical (unpaired) electrons. The molecule has 1 aliphatic carbocycles. The minimum Gasteiger partial charge on any atom is -0.379 e. The molecular formula is C8H12N4O2. The molecule has 0 bridgehead atoms. The molecule has 0 aliphatic heterocycles. The van der Waals surface area contributed by atoms with Crippen LogP contribution in [0.3, 0.4) is 0 Å². The lowest BCUT2D eigenvalue weighted by Gasteiger charge is -2.32. The molecule has 1 fully saturated rings. The highest BCUT2D eigenvalue weighted by Gasteiger charge is 2.28. The highest BCUT2D eigenvalue weighted by Crippen LogP contribution is 2.26. The van der Waals surface area contributed by atoms with Gasteiger partial charge in [-0.15, -0.1) is 0 Å². The molecule has 76 valence electrons. The van der Waals surface area contributed by atoms with Gasteiger partial charge in [0.05, 0.1) is 0 Å². The molecule has 1 aromatic rings. The fraction of sp³-hybridized carbons (Fsp3) is 0.625. The van der Waals surface area contributed by atoms with Crippen LogP contribution in [0.5, 0.6) is 0 Å². The molecule has 3 N–H and O–H groups in total. The van der Waals surface area contributed by atoms with Crippen LogP contribution in [0.2, 0.25) is 0 Å². The minimum absolute atomic E-state index is 0.0369. The van der Waals surface area contributed by atoms with Gasteiger partial charge in [-0.1, -0.05) is 6.92 Å². The third-order valence-corrected chi connectivity index (χ3v) is 2.44. The van der Waals surface area contributed by atoms with E-state index in [0.717, 1.165) is 12.8 Å². The molecule has 1 saturated carbocycles. The van der Waals surface area contributed by atoms with Gasteiger partial charge in [-0.25, -0.2) is 4.63 Å². The molecular weight excluding hydrogens is 184 g/mol. The van der Waals surface area contributed by atoms with Crippen molar-refractivity contribution >= 4 is 11.7 Å². The Hall–Kier alpha value is -1.59. The highest BCUT2D eigenvalue weighted by molar-refractivity contribution is 5.96. The average molecular weight is 196 g/mol. The smallest absolute Gasteiger partial charge is 0.277 e. The van der Waals surface area contributed by atoms with E-state index in [-0.39, 0.29) is 23.5 Å². The van der Waals surface area contributed by atoms with Crippen molar-refractivity contribution in [2.24, 2.45) is 5.92 Å². The summed E-state index contributed by atoms with van der Waals surface area (Å²) < 4.78 is 4.33. The predicted molar refractivity (Wildman–Crippen MR) is 48.4 cm³/mol. The maximum absolute atomic E-state index is 11.5. The van der Waals surface area contributed by atoms with E-state index in [9.17, 15) is 4.79 Å². The first-order valence-corrected chi connectivity index (χ1v) is 4.55. The topological polar surface area (TPSA) is 94.0 Å². The first kappa shape index (κ1) is 8.98.